The Labute approximate surface area is 226 Å². The van der Waals surface area contributed by atoms with Crippen molar-refractivity contribution in [2.75, 3.05) is 47.8 Å². The molecule has 39 heavy (non-hydrogen) atoms. The Bertz CT molecular complexity index is 1390. The molecule has 3 aromatic rings. The van der Waals surface area contributed by atoms with Gasteiger partial charge in [0.1, 0.15) is 28.1 Å². The summed E-state index contributed by atoms with van der Waals surface area (Å²) < 4.78 is 65.0. The number of ether oxygens (including phenoxy) is 2. The number of halogens is 3. The minimum atomic E-state index is -4.71. The molecule has 14 heteroatoms. The number of carbonyl (C=O) groups excluding carboxylic acids is 1. The predicted octanol–water partition coefficient (Wildman–Crippen LogP) is 5.38. The highest BCUT2D eigenvalue weighted by Gasteiger charge is 2.35. The standard InChI is InChI=1S/C25H29F3N6O4S/c1-14-7-8-16(20(9-14)34(3)39(6)36)12-29-22-17(25(26,27)28)13-30-23(33-22)31-19-10-15(2)18(11-21(19)37-4)32-24(35)38-5/h7-11,13H,12H2,1-6H3,(H,32,35)(H2,29,30,31,33). The molecule has 0 saturated carbocycles. The number of aromatic nitrogens is 2. The summed E-state index contributed by atoms with van der Waals surface area (Å²) >= 11 is 0. The molecule has 0 aliphatic rings. The first-order chi connectivity index (χ1) is 18.3. The molecule has 1 atom stereocenters. The fraction of sp³-hybridized carbons (Fsp3) is 0.320. The first-order valence-electron chi connectivity index (χ1n) is 11.5. The van der Waals surface area contributed by atoms with Gasteiger partial charge in [0.05, 0.1) is 31.3 Å². The lowest BCUT2D eigenvalue weighted by Gasteiger charge is -2.21. The van der Waals surface area contributed by atoms with Crippen molar-refractivity contribution in [2.45, 2.75) is 26.6 Å². The number of amides is 1. The SMILES string of the molecule is COC(=O)Nc1cc(OC)c(Nc2ncc(C(F)(F)F)c(NCc3ccc(C)cc3N(C)S(C)=O)n2)cc1C. The Kier molecular flexibility index (Phi) is 9.22. The number of hydrogen-bond acceptors (Lipinski definition) is 8. The second-order valence-electron chi connectivity index (χ2n) is 8.47. The summed E-state index contributed by atoms with van der Waals surface area (Å²) in [5, 5.41) is 8.20. The average molecular weight is 567 g/mol. The van der Waals surface area contributed by atoms with Gasteiger partial charge >= 0.3 is 12.3 Å². The van der Waals surface area contributed by atoms with E-state index in [4.69, 9.17) is 4.74 Å². The van der Waals surface area contributed by atoms with Crippen LogP contribution in [0.3, 0.4) is 0 Å². The van der Waals surface area contributed by atoms with E-state index in [1.807, 2.05) is 19.1 Å². The van der Waals surface area contributed by atoms with Crippen LogP contribution in [0.2, 0.25) is 0 Å². The number of carbonyl (C=O) groups is 1. The van der Waals surface area contributed by atoms with Crippen molar-refractivity contribution in [3.63, 3.8) is 0 Å². The molecule has 0 aliphatic carbocycles. The monoisotopic (exact) mass is 566 g/mol. The van der Waals surface area contributed by atoms with Gasteiger partial charge in [-0.3, -0.25) is 9.62 Å². The van der Waals surface area contributed by atoms with Crippen molar-refractivity contribution < 1.29 is 31.6 Å². The van der Waals surface area contributed by atoms with E-state index >= 15 is 0 Å². The van der Waals surface area contributed by atoms with Crippen LogP contribution in [0.5, 0.6) is 5.75 Å². The first kappa shape index (κ1) is 29.5. The van der Waals surface area contributed by atoms with Crippen LogP contribution < -0.4 is 25.0 Å². The molecule has 3 N–H and O–H groups in total. The molecule has 0 aliphatic heterocycles. The number of methoxy groups -OCH3 is 2. The van der Waals surface area contributed by atoms with Crippen molar-refractivity contribution in [3.8, 4) is 5.75 Å². The smallest absolute Gasteiger partial charge is 0.421 e. The van der Waals surface area contributed by atoms with E-state index in [9.17, 15) is 22.2 Å². The molecule has 0 saturated heterocycles. The number of benzene rings is 2. The lowest BCUT2D eigenvalue weighted by Crippen LogP contribution is -2.21. The third kappa shape index (κ3) is 7.28. The zero-order valence-corrected chi connectivity index (χ0v) is 23.0. The van der Waals surface area contributed by atoms with Gasteiger partial charge in [-0.05, 0) is 42.7 Å². The lowest BCUT2D eigenvalue weighted by atomic mass is 10.1. The van der Waals surface area contributed by atoms with Gasteiger partial charge in [-0.15, -0.1) is 0 Å². The van der Waals surface area contributed by atoms with Crippen LogP contribution in [0, 0.1) is 13.8 Å². The Morgan fingerprint density at radius 1 is 1.13 bits per heavy atom. The molecule has 0 fully saturated rings. The van der Waals surface area contributed by atoms with Crippen LogP contribution >= 0.6 is 0 Å². The van der Waals surface area contributed by atoms with E-state index in [0.29, 0.717) is 34.4 Å². The summed E-state index contributed by atoms with van der Waals surface area (Å²) in [5.41, 5.74) is 2.52. The van der Waals surface area contributed by atoms with E-state index in [-0.39, 0.29) is 18.2 Å². The van der Waals surface area contributed by atoms with E-state index in [1.165, 1.54) is 30.8 Å². The number of aryl methyl sites for hydroxylation is 2. The van der Waals surface area contributed by atoms with E-state index in [0.717, 1.165) is 5.56 Å². The molecule has 3 rings (SSSR count). The van der Waals surface area contributed by atoms with Crippen LogP contribution in [0.1, 0.15) is 22.3 Å². The molecule has 1 aromatic heterocycles. The van der Waals surface area contributed by atoms with Gasteiger partial charge in [-0.1, -0.05) is 12.1 Å². The molecular weight excluding hydrogens is 537 g/mol. The summed E-state index contributed by atoms with van der Waals surface area (Å²) in [5.74, 6) is -0.274. The number of alkyl halides is 3. The maximum atomic E-state index is 13.8. The quantitative estimate of drug-likeness (QED) is 0.316. The van der Waals surface area contributed by atoms with Crippen LogP contribution in [-0.4, -0.2) is 47.8 Å². The van der Waals surface area contributed by atoms with Crippen LogP contribution in [0.4, 0.5) is 46.8 Å². The molecule has 10 nitrogen and oxygen atoms in total. The van der Waals surface area contributed by atoms with Crippen molar-refractivity contribution in [1.29, 1.82) is 0 Å². The number of rotatable bonds is 9. The summed E-state index contributed by atoms with van der Waals surface area (Å²) in [7, 11) is 2.94. The predicted molar refractivity (Wildman–Crippen MR) is 145 cm³/mol. The topological polar surface area (TPSA) is 118 Å². The van der Waals surface area contributed by atoms with Crippen molar-refractivity contribution in [2.24, 2.45) is 0 Å². The first-order valence-corrected chi connectivity index (χ1v) is 13.0. The van der Waals surface area contributed by atoms with E-state index in [1.54, 1.807) is 26.1 Å². The molecule has 1 heterocycles. The highest BCUT2D eigenvalue weighted by molar-refractivity contribution is 7.85. The highest BCUT2D eigenvalue weighted by Crippen LogP contribution is 2.36. The molecule has 1 unspecified atom stereocenters. The molecule has 0 spiro atoms. The van der Waals surface area contributed by atoms with Gasteiger partial charge in [0.15, 0.2) is 0 Å². The molecule has 0 bridgehead atoms. The number of nitrogens with zero attached hydrogens (tertiary/aromatic N) is 3. The zero-order chi connectivity index (χ0) is 28.9. The van der Waals surface area contributed by atoms with Crippen molar-refractivity contribution >= 4 is 45.9 Å². The van der Waals surface area contributed by atoms with Gasteiger partial charge in [0.25, 0.3) is 0 Å². The summed E-state index contributed by atoms with van der Waals surface area (Å²) in [6.45, 7) is 3.56. The molecular formula is C25H29F3N6O4S. The Morgan fingerprint density at radius 2 is 1.85 bits per heavy atom. The second kappa shape index (κ2) is 12.2. The third-order valence-corrected chi connectivity index (χ3v) is 6.69. The summed E-state index contributed by atoms with van der Waals surface area (Å²) in [4.78, 5) is 19.5. The highest BCUT2D eigenvalue weighted by atomic mass is 32.2. The largest absolute Gasteiger partial charge is 0.494 e. The normalized spacial score (nSPS) is 11.9. The third-order valence-electron chi connectivity index (χ3n) is 5.72. The fourth-order valence-corrected chi connectivity index (χ4v) is 4.04. The second-order valence-corrected chi connectivity index (χ2v) is 9.86. The Morgan fingerprint density at radius 3 is 2.46 bits per heavy atom. The minimum Gasteiger partial charge on any atom is -0.494 e. The molecule has 1 amide bonds. The maximum Gasteiger partial charge on any atom is 0.421 e. The number of anilines is 5. The number of hydrogen-bond donors (Lipinski definition) is 3. The lowest BCUT2D eigenvalue weighted by molar-refractivity contribution is -0.137. The Balaban J connectivity index is 1.95. The molecule has 0 radical (unpaired) electrons. The van der Waals surface area contributed by atoms with Crippen molar-refractivity contribution in [1.82, 2.24) is 9.97 Å². The summed E-state index contributed by atoms with van der Waals surface area (Å²) in [6.07, 6.45) is -3.19. The number of nitrogens with one attached hydrogen (secondary N) is 3. The molecule has 210 valence electrons. The van der Waals surface area contributed by atoms with E-state index in [2.05, 4.69) is 30.7 Å². The van der Waals surface area contributed by atoms with Crippen LogP contribution in [0.25, 0.3) is 0 Å². The van der Waals surface area contributed by atoms with Crippen LogP contribution in [0.15, 0.2) is 36.5 Å². The van der Waals surface area contributed by atoms with Gasteiger partial charge in [0, 0.05) is 32.1 Å². The molecule has 2 aromatic carbocycles. The van der Waals surface area contributed by atoms with Crippen molar-refractivity contribution in [3.05, 3.63) is 58.8 Å². The van der Waals surface area contributed by atoms with Crippen LogP contribution in [-0.2, 0) is 28.4 Å². The van der Waals surface area contributed by atoms with E-state index < -0.39 is 34.6 Å². The van der Waals surface area contributed by atoms with Gasteiger partial charge < -0.3 is 20.1 Å². The van der Waals surface area contributed by atoms with Gasteiger partial charge in [-0.2, -0.15) is 18.2 Å². The maximum absolute atomic E-state index is 13.8. The van der Waals surface area contributed by atoms with Gasteiger partial charge in [-0.25, -0.2) is 14.0 Å². The Hall–Kier alpha value is -4.07. The fourth-order valence-electron chi connectivity index (χ4n) is 3.59. The zero-order valence-electron chi connectivity index (χ0n) is 22.2. The summed E-state index contributed by atoms with van der Waals surface area (Å²) in [6, 6.07) is 8.54. The van der Waals surface area contributed by atoms with Gasteiger partial charge in [0.2, 0.25) is 5.95 Å². The average Bonchev–Trinajstić information content (AvgIpc) is 2.88. The minimum absolute atomic E-state index is 0.0208.